The molecule has 1 nitrogen and oxygen atoms in total. The lowest BCUT2D eigenvalue weighted by Gasteiger charge is -2.12. The molecule has 9 heteroatoms. The van der Waals surface area contributed by atoms with Crippen molar-refractivity contribution in [3.63, 3.8) is 0 Å². The van der Waals surface area contributed by atoms with Gasteiger partial charge in [0.05, 0.1) is 0 Å². The summed E-state index contributed by atoms with van der Waals surface area (Å²) in [6, 6.07) is -3.00. The van der Waals surface area contributed by atoms with Crippen molar-refractivity contribution in [2.24, 2.45) is 0 Å². The average molecular weight is 254 g/mol. The average Bonchev–Trinajstić information content (AvgIpc) is 2.43. The molecule has 0 amide bonds. The number of hydrogen-bond acceptors (Lipinski definition) is 1. The monoisotopic (exact) mass is 254 g/mol. The van der Waals surface area contributed by atoms with Crippen molar-refractivity contribution < 1.29 is 39.9 Å². The molecule has 0 aromatic carbocycles. The van der Waals surface area contributed by atoms with Crippen LogP contribution in [0.4, 0.5) is 35.1 Å². The van der Waals surface area contributed by atoms with Gasteiger partial charge in [0, 0.05) is 0 Å². The summed E-state index contributed by atoms with van der Waals surface area (Å²) in [6.07, 6.45) is -3.26. The van der Waals surface area contributed by atoms with Crippen LogP contribution in [0.25, 0.3) is 0 Å². The highest BCUT2D eigenvalue weighted by Crippen LogP contribution is 2.71. The minimum absolute atomic E-state index is 2.11. The second kappa shape index (κ2) is 3.11. The van der Waals surface area contributed by atoms with Crippen molar-refractivity contribution in [3.05, 3.63) is 24.5 Å². The van der Waals surface area contributed by atoms with Gasteiger partial charge in [0.2, 0.25) is 0 Å². The van der Waals surface area contributed by atoms with Crippen molar-refractivity contribution in [1.29, 1.82) is 0 Å². The lowest BCUT2D eigenvalue weighted by molar-refractivity contribution is -0.0425. The van der Waals surface area contributed by atoms with Crippen molar-refractivity contribution in [2.45, 2.75) is 17.4 Å². The largest absolute Gasteiger partial charge is 0.439 e. The van der Waals surface area contributed by atoms with E-state index in [9.17, 15) is 35.1 Å². The third-order valence-corrected chi connectivity index (χ3v) is 1.99. The van der Waals surface area contributed by atoms with Gasteiger partial charge in [-0.25, -0.2) is 4.39 Å². The zero-order valence-corrected chi connectivity index (χ0v) is 7.14. The van der Waals surface area contributed by atoms with Crippen LogP contribution in [0.15, 0.2) is 24.5 Å². The maximum atomic E-state index is 12.5. The van der Waals surface area contributed by atoms with Gasteiger partial charge in [0.1, 0.15) is 5.83 Å². The first kappa shape index (κ1) is 12.8. The molecule has 0 unspecified atom stereocenters. The van der Waals surface area contributed by atoms with Gasteiger partial charge in [-0.05, 0) is 0 Å². The molecule has 0 spiro atoms. The predicted molar refractivity (Wildman–Crippen MR) is 34.3 cm³/mol. The van der Waals surface area contributed by atoms with Gasteiger partial charge in [-0.2, -0.15) is 30.7 Å². The number of halogens is 8. The fraction of sp³-hybridized carbons (Fsp3) is 0.429. The Morgan fingerprint density at radius 3 is 1.44 bits per heavy atom. The van der Waals surface area contributed by atoms with Crippen LogP contribution in [0.3, 0.4) is 0 Å². The predicted octanol–water partition coefficient (Wildman–Crippen LogP) is 3.54. The maximum absolute atomic E-state index is 12.5. The Morgan fingerprint density at radius 1 is 0.875 bits per heavy atom. The van der Waals surface area contributed by atoms with Crippen molar-refractivity contribution in [1.82, 2.24) is 0 Å². The Kier molecular flexibility index (Phi) is 2.49. The normalized spacial score (nSPS) is 23.5. The lowest BCUT2D eigenvalue weighted by Crippen LogP contribution is -2.25. The van der Waals surface area contributed by atoms with Crippen LogP contribution in [-0.2, 0) is 4.74 Å². The molecule has 1 saturated carbocycles. The third-order valence-electron chi connectivity index (χ3n) is 1.99. The Morgan fingerprint density at radius 2 is 1.25 bits per heavy atom. The van der Waals surface area contributed by atoms with E-state index < -0.39 is 35.4 Å². The zero-order chi connectivity index (χ0) is 12.9. The summed E-state index contributed by atoms with van der Waals surface area (Å²) in [6.45, 7) is 2.11. The van der Waals surface area contributed by atoms with Gasteiger partial charge >= 0.3 is 23.9 Å². The molecule has 0 radical (unpaired) electrons. The van der Waals surface area contributed by atoms with Gasteiger partial charge in [0.15, 0.2) is 0 Å². The van der Waals surface area contributed by atoms with E-state index in [1.54, 1.807) is 0 Å². The standard InChI is InChI=1S/C7H2F8O/c1-2(8)5(16-4(11)3(9)10)6(12,13)7(5,14)15/h1H2. The molecule has 0 bridgehead atoms. The molecule has 0 heterocycles. The molecule has 1 aliphatic rings. The highest BCUT2D eigenvalue weighted by atomic mass is 19.3. The van der Waals surface area contributed by atoms with Gasteiger partial charge < -0.3 is 4.74 Å². The Balaban J connectivity index is 3.16. The topological polar surface area (TPSA) is 9.23 Å². The first-order valence-electron chi connectivity index (χ1n) is 3.52. The van der Waals surface area contributed by atoms with E-state index in [1.165, 1.54) is 0 Å². The smallest absolute Gasteiger partial charge is 0.366 e. The van der Waals surface area contributed by atoms with E-state index in [0.29, 0.717) is 0 Å². The molecule has 1 fully saturated rings. The Labute approximate surface area is 83.0 Å². The fourth-order valence-electron chi connectivity index (χ4n) is 1.09. The van der Waals surface area contributed by atoms with E-state index in [0.717, 1.165) is 0 Å². The number of hydrogen-bond donors (Lipinski definition) is 0. The number of ether oxygens (including phenoxy) is 1. The van der Waals surface area contributed by atoms with Crippen molar-refractivity contribution in [2.75, 3.05) is 0 Å². The summed E-state index contributed by atoms with van der Waals surface area (Å²) in [4.78, 5) is 0. The van der Waals surface area contributed by atoms with Crippen LogP contribution >= 0.6 is 0 Å². The van der Waals surface area contributed by atoms with Gasteiger partial charge in [0.25, 0.3) is 5.60 Å². The van der Waals surface area contributed by atoms with Crippen LogP contribution in [0.2, 0.25) is 0 Å². The molecular formula is C7H2F8O. The number of alkyl halides is 4. The minimum Gasteiger partial charge on any atom is -0.439 e. The minimum atomic E-state index is -5.14. The van der Waals surface area contributed by atoms with Gasteiger partial charge in [-0.1, -0.05) is 6.58 Å². The summed E-state index contributed by atoms with van der Waals surface area (Å²) in [5, 5.41) is 0. The molecule has 16 heavy (non-hydrogen) atoms. The summed E-state index contributed by atoms with van der Waals surface area (Å²) in [5.74, 6) is -12.7. The van der Waals surface area contributed by atoms with Crippen LogP contribution in [0.5, 0.6) is 0 Å². The second-order valence-corrected chi connectivity index (χ2v) is 2.87. The van der Waals surface area contributed by atoms with Crippen molar-refractivity contribution >= 4 is 0 Å². The highest BCUT2D eigenvalue weighted by Gasteiger charge is 3.02. The first-order chi connectivity index (χ1) is 7.02. The first-order valence-corrected chi connectivity index (χ1v) is 3.52. The zero-order valence-electron chi connectivity index (χ0n) is 7.14. The van der Waals surface area contributed by atoms with E-state index in [-0.39, 0.29) is 0 Å². The SMILES string of the molecule is C=C(F)C1(OC(F)=C(F)F)C(F)(F)C1(F)F. The summed E-state index contributed by atoms with van der Waals surface area (Å²) < 4.78 is 101. The molecule has 0 atom stereocenters. The summed E-state index contributed by atoms with van der Waals surface area (Å²) >= 11 is 0. The van der Waals surface area contributed by atoms with Crippen LogP contribution in [0, 0.1) is 0 Å². The molecule has 0 aliphatic heterocycles. The quantitative estimate of drug-likeness (QED) is 0.552. The highest BCUT2D eigenvalue weighted by molar-refractivity contribution is 5.40. The molecule has 0 aromatic heterocycles. The van der Waals surface area contributed by atoms with Gasteiger partial charge in [-0.15, -0.1) is 0 Å². The maximum Gasteiger partial charge on any atom is 0.366 e. The summed E-state index contributed by atoms with van der Waals surface area (Å²) in [5.41, 5.74) is -4.40. The molecule has 1 rings (SSSR count). The van der Waals surface area contributed by atoms with E-state index >= 15 is 0 Å². The van der Waals surface area contributed by atoms with Crippen LogP contribution in [0.1, 0.15) is 0 Å². The molecular weight excluding hydrogens is 252 g/mol. The van der Waals surface area contributed by atoms with Gasteiger partial charge in [-0.3, -0.25) is 0 Å². The van der Waals surface area contributed by atoms with E-state index in [4.69, 9.17) is 0 Å². The number of rotatable bonds is 3. The van der Waals surface area contributed by atoms with E-state index in [2.05, 4.69) is 11.3 Å². The third kappa shape index (κ3) is 1.17. The summed E-state index contributed by atoms with van der Waals surface area (Å²) in [7, 11) is 0. The van der Waals surface area contributed by atoms with Crippen molar-refractivity contribution in [3.8, 4) is 0 Å². The Hall–Kier alpha value is -1.28. The molecule has 0 aromatic rings. The molecule has 1 aliphatic carbocycles. The molecule has 0 N–H and O–H groups in total. The second-order valence-electron chi connectivity index (χ2n) is 2.87. The molecule has 92 valence electrons. The molecule has 0 saturated heterocycles. The fourth-order valence-corrected chi connectivity index (χ4v) is 1.09. The lowest BCUT2D eigenvalue weighted by atomic mass is 10.3. The van der Waals surface area contributed by atoms with Crippen LogP contribution in [-0.4, -0.2) is 17.4 Å². The Bertz CT molecular complexity index is 353. The van der Waals surface area contributed by atoms with E-state index in [1.807, 2.05) is 0 Å². The van der Waals surface area contributed by atoms with Crippen LogP contribution < -0.4 is 0 Å².